The molecular formula is C23H27NO4S. The van der Waals surface area contributed by atoms with Gasteiger partial charge < -0.3 is 14.8 Å². The normalized spacial score (nSPS) is 24.4. The van der Waals surface area contributed by atoms with Gasteiger partial charge in [0.2, 0.25) is 0 Å². The molecule has 154 valence electrons. The third-order valence-corrected chi connectivity index (χ3v) is 6.61. The maximum atomic E-state index is 13.1. The lowest BCUT2D eigenvalue weighted by Gasteiger charge is -2.34. The van der Waals surface area contributed by atoms with Crippen LogP contribution in [0.3, 0.4) is 0 Å². The summed E-state index contributed by atoms with van der Waals surface area (Å²) in [6.45, 7) is 2.88. The Bertz CT molecular complexity index is 865. The van der Waals surface area contributed by atoms with E-state index in [-0.39, 0.29) is 30.4 Å². The van der Waals surface area contributed by atoms with Crippen LogP contribution in [0.1, 0.15) is 50.5 Å². The van der Waals surface area contributed by atoms with Gasteiger partial charge in [-0.3, -0.25) is 4.79 Å². The molecule has 2 aliphatic heterocycles. The van der Waals surface area contributed by atoms with Crippen LogP contribution >= 0.6 is 11.8 Å². The molecule has 29 heavy (non-hydrogen) atoms. The van der Waals surface area contributed by atoms with Gasteiger partial charge >= 0.3 is 5.97 Å². The monoisotopic (exact) mass is 413 g/mol. The Morgan fingerprint density at radius 2 is 2.03 bits per heavy atom. The molecule has 6 heteroatoms. The van der Waals surface area contributed by atoms with Crippen molar-refractivity contribution in [2.75, 3.05) is 19.5 Å². The molecule has 1 aliphatic carbocycles. The van der Waals surface area contributed by atoms with E-state index < -0.39 is 0 Å². The zero-order chi connectivity index (χ0) is 20.4. The maximum absolute atomic E-state index is 13.1. The van der Waals surface area contributed by atoms with E-state index >= 15 is 0 Å². The first-order chi connectivity index (χ1) is 14.1. The highest BCUT2D eigenvalue weighted by Gasteiger charge is 2.39. The molecule has 2 heterocycles. The van der Waals surface area contributed by atoms with Crippen molar-refractivity contribution in [2.24, 2.45) is 0 Å². The second kappa shape index (κ2) is 8.76. The first kappa shape index (κ1) is 20.2. The van der Waals surface area contributed by atoms with E-state index in [1.54, 1.807) is 11.8 Å². The Hall–Kier alpha value is -2.05. The summed E-state index contributed by atoms with van der Waals surface area (Å²) < 4.78 is 11.2. The Balaban J connectivity index is 1.68. The number of hydrogen-bond acceptors (Lipinski definition) is 6. The average Bonchev–Trinajstić information content (AvgIpc) is 3.25. The summed E-state index contributed by atoms with van der Waals surface area (Å²) in [5, 5.41) is 3.33. The number of Topliss-reactive ketones (excluding diaryl/α,β-unsaturated/α-hetero) is 1. The van der Waals surface area contributed by atoms with E-state index in [0.717, 1.165) is 59.7 Å². The summed E-state index contributed by atoms with van der Waals surface area (Å²) in [5.74, 6) is -0.629. The molecule has 5 nitrogen and oxygen atoms in total. The minimum absolute atomic E-state index is 0.0261. The number of nitrogens with one attached hydrogen (secondary N) is 1. The molecule has 1 fully saturated rings. The van der Waals surface area contributed by atoms with Gasteiger partial charge in [0.15, 0.2) is 5.78 Å². The number of esters is 1. The van der Waals surface area contributed by atoms with E-state index in [2.05, 4.69) is 5.32 Å². The number of ether oxygens (including phenoxy) is 2. The molecule has 0 spiro atoms. The van der Waals surface area contributed by atoms with Gasteiger partial charge in [0, 0.05) is 40.8 Å². The van der Waals surface area contributed by atoms with Crippen molar-refractivity contribution in [3.05, 3.63) is 52.4 Å². The van der Waals surface area contributed by atoms with Crippen LogP contribution in [-0.2, 0) is 19.1 Å². The molecule has 0 unspecified atom stereocenters. The molecule has 2 atom stereocenters. The van der Waals surface area contributed by atoms with E-state index in [1.165, 1.54) is 0 Å². The Morgan fingerprint density at radius 1 is 1.24 bits per heavy atom. The lowest BCUT2D eigenvalue weighted by molar-refractivity contribution is -0.142. The quantitative estimate of drug-likeness (QED) is 0.579. The van der Waals surface area contributed by atoms with Crippen molar-refractivity contribution in [1.82, 2.24) is 5.32 Å². The molecule has 0 radical (unpaired) electrons. The number of benzene rings is 1. The number of hydrogen-bond donors (Lipinski definition) is 1. The molecule has 1 aromatic carbocycles. The molecule has 1 N–H and O–H groups in total. The zero-order valence-electron chi connectivity index (χ0n) is 17.0. The van der Waals surface area contributed by atoms with Crippen LogP contribution in [-0.4, -0.2) is 37.3 Å². The molecule has 0 amide bonds. The lowest BCUT2D eigenvalue weighted by atomic mass is 9.75. The van der Waals surface area contributed by atoms with Gasteiger partial charge in [0.05, 0.1) is 11.7 Å². The van der Waals surface area contributed by atoms with Crippen molar-refractivity contribution < 1.29 is 19.1 Å². The summed E-state index contributed by atoms with van der Waals surface area (Å²) in [4.78, 5) is 27.2. The number of rotatable bonds is 5. The molecule has 0 aromatic heterocycles. The highest BCUT2D eigenvalue weighted by Crippen LogP contribution is 2.42. The summed E-state index contributed by atoms with van der Waals surface area (Å²) in [6, 6.07) is 8.13. The number of thioether (sulfide) groups is 1. The molecular weight excluding hydrogens is 386 g/mol. The van der Waals surface area contributed by atoms with Crippen LogP contribution in [0.4, 0.5) is 0 Å². The molecule has 0 bridgehead atoms. The fourth-order valence-corrected chi connectivity index (χ4v) is 4.81. The minimum Gasteiger partial charge on any atom is -0.459 e. The molecule has 3 aliphatic rings. The van der Waals surface area contributed by atoms with Crippen LogP contribution in [0.5, 0.6) is 0 Å². The average molecular weight is 414 g/mol. The summed E-state index contributed by atoms with van der Waals surface area (Å²) in [7, 11) is 0. The fourth-order valence-electron chi connectivity index (χ4n) is 4.41. The van der Waals surface area contributed by atoms with Crippen molar-refractivity contribution in [3.8, 4) is 0 Å². The largest absolute Gasteiger partial charge is 0.459 e. The smallest absolute Gasteiger partial charge is 0.336 e. The first-order valence-corrected chi connectivity index (χ1v) is 11.5. The van der Waals surface area contributed by atoms with Crippen LogP contribution in [0, 0.1) is 0 Å². The van der Waals surface area contributed by atoms with Crippen LogP contribution in [0.2, 0.25) is 0 Å². The van der Waals surface area contributed by atoms with Crippen LogP contribution < -0.4 is 5.32 Å². The van der Waals surface area contributed by atoms with Gasteiger partial charge in [-0.1, -0.05) is 12.1 Å². The molecule has 4 rings (SSSR count). The lowest BCUT2D eigenvalue weighted by Crippen LogP contribution is -2.35. The SMILES string of the molecule is CSc1ccc([C@H]2C(C(=O)OC[C@@H]3CCCO3)=C(C)NC3=C2C(=O)CCC3)cc1. The summed E-state index contributed by atoms with van der Waals surface area (Å²) >= 11 is 1.67. The maximum Gasteiger partial charge on any atom is 0.336 e. The van der Waals surface area contributed by atoms with Crippen molar-refractivity contribution >= 4 is 23.5 Å². The van der Waals surface area contributed by atoms with Crippen LogP contribution in [0.15, 0.2) is 51.7 Å². The topological polar surface area (TPSA) is 64.6 Å². The number of ketones is 1. The molecule has 1 saturated heterocycles. The summed E-state index contributed by atoms with van der Waals surface area (Å²) in [6.07, 6.45) is 6.12. The third kappa shape index (κ3) is 4.14. The number of dihydropyridines is 1. The van der Waals surface area contributed by atoms with E-state index in [9.17, 15) is 9.59 Å². The standard InChI is InChI=1S/C23H27NO4S/c1-14-20(23(26)28-13-16-5-4-12-27-16)21(15-8-10-17(29-2)11-9-15)22-18(24-14)6-3-7-19(22)25/h8-11,16,21,24H,3-7,12-13H2,1-2H3/t16-,21-/m0/s1. The molecule has 0 saturated carbocycles. The Morgan fingerprint density at radius 3 is 2.72 bits per heavy atom. The minimum atomic E-state index is -0.382. The first-order valence-electron chi connectivity index (χ1n) is 10.2. The van der Waals surface area contributed by atoms with Crippen molar-refractivity contribution in [3.63, 3.8) is 0 Å². The van der Waals surface area contributed by atoms with E-state index in [1.807, 2.05) is 37.4 Å². The Kier molecular flexibility index (Phi) is 6.11. The highest BCUT2D eigenvalue weighted by atomic mass is 32.2. The van der Waals surface area contributed by atoms with Crippen LogP contribution in [0.25, 0.3) is 0 Å². The number of allylic oxidation sites excluding steroid dienone is 3. The van der Waals surface area contributed by atoms with Gasteiger partial charge in [-0.15, -0.1) is 11.8 Å². The molecule has 1 aromatic rings. The number of carbonyl (C=O) groups excluding carboxylic acids is 2. The van der Waals surface area contributed by atoms with Gasteiger partial charge in [0.25, 0.3) is 0 Å². The van der Waals surface area contributed by atoms with Gasteiger partial charge in [0.1, 0.15) is 6.61 Å². The predicted octanol–water partition coefficient (Wildman–Crippen LogP) is 4.10. The fraction of sp³-hybridized carbons (Fsp3) is 0.478. The van der Waals surface area contributed by atoms with Gasteiger partial charge in [-0.2, -0.15) is 0 Å². The van der Waals surface area contributed by atoms with Gasteiger partial charge in [-0.05, 0) is 56.6 Å². The highest BCUT2D eigenvalue weighted by molar-refractivity contribution is 7.98. The summed E-state index contributed by atoms with van der Waals surface area (Å²) in [5.41, 5.74) is 3.94. The van der Waals surface area contributed by atoms with E-state index in [4.69, 9.17) is 9.47 Å². The number of carbonyl (C=O) groups is 2. The van der Waals surface area contributed by atoms with Gasteiger partial charge in [-0.25, -0.2) is 4.79 Å². The second-order valence-corrected chi connectivity index (χ2v) is 8.65. The second-order valence-electron chi connectivity index (χ2n) is 7.77. The van der Waals surface area contributed by atoms with Crippen molar-refractivity contribution in [2.45, 2.75) is 55.9 Å². The zero-order valence-corrected chi connectivity index (χ0v) is 17.8. The Labute approximate surface area is 175 Å². The predicted molar refractivity (Wildman–Crippen MR) is 113 cm³/mol. The van der Waals surface area contributed by atoms with Crippen molar-refractivity contribution in [1.29, 1.82) is 0 Å². The third-order valence-electron chi connectivity index (χ3n) is 5.87. The van der Waals surface area contributed by atoms with E-state index in [0.29, 0.717) is 12.0 Å².